The average Bonchev–Trinajstić information content (AvgIpc) is 2.40. The van der Waals surface area contributed by atoms with E-state index in [1.807, 2.05) is 0 Å². The van der Waals surface area contributed by atoms with Crippen molar-refractivity contribution in [2.45, 2.75) is 12.1 Å². The number of thioether (sulfide) groups is 1. The van der Waals surface area contributed by atoms with Gasteiger partial charge in [-0.15, -0.1) is 0 Å². The van der Waals surface area contributed by atoms with Gasteiger partial charge in [-0.3, -0.25) is 0 Å². The maximum Gasteiger partial charge on any atom is 0.441 e. The first-order valence-electron chi connectivity index (χ1n) is 5.82. The summed E-state index contributed by atoms with van der Waals surface area (Å²) >= 11 is -0.213. The second kappa shape index (κ2) is 7.77. The number of amides is 2. The number of rotatable bonds is 6. The van der Waals surface area contributed by atoms with Crippen LogP contribution in [-0.2, 0) is 6.54 Å². The summed E-state index contributed by atoms with van der Waals surface area (Å²) in [4.78, 5) is 22.1. The van der Waals surface area contributed by atoms with Crippen molar-refractivity contribution in [3.8, 4) is 0 Å². The van der Waals surface area contributed by atoms with Crippen molar-refractivity contribution in [2.24, 2.45) is 0 Å². The fraction of sp³-hybridized carbons (Fsp3) is 0.333. The number of benzene rings is 1. The number of carbonyl (C=O) groups is 2. The van der Waals surface area contributed by atoms with Crippen LogP contribution in [0, 0.1) is 0 Å². The standard InChI is InChI=1S/C12H13F3N2O3S/c13-12(14,15)21-5-4-16-11(20)17-7-8-2-1-3-9(6-8)10(18)19/h1-3,6H,4-5,7H2,(H,18,19)(H2,16,17,20). The molecular weight excluding hydrogens is 309 g/mol. The van der Waals surface area contributed by atoms with Crippen LogP contribution in [0.25, 0.3) is 0 Å². The average molecular weight is 322 g/mol. The number of carboxylic acids is 1. The van der Waals surface area contributed by atoms with Crippen LogP contribution in [0.15, 0.2) is 24.3 Å². The van der Waals surface area contributed by atoms with Gasteiger partial charge in [-0.05, 0) is 29.5 Å². The van der Waals surface area contributed by atoms with Crippen molar-refractivity contribution in [1.82, 2.24) is 10.6 Å². The van der Waals surface area contributed by atoms with Gasteiger partial charge in [0.25, 0.3) is 0 Å². The van der Waals surface area contributed by atoms with Gasteiger partial charge in [0.1, 0.15) is 0 Å². The first-order chi connectivity index (χ1) is 9.78. The predicted octanol–water partition coefficient (Wildman–Crippen LogP) is 2.44. The summed E-state index contributed by atoms with van der Waals surface area (Å²) in [6.45, 7) is -0.0372. The first kappa shape index (κ1) is 17.2. The van der Waals surface area contributed by atoms with Crippen molar-refractivity contribution >= 4 is 23.8 Å². The lowest BCUT2D eigenvalue weighted by atomic mass is 10.1. The van der Waals surface area contributed by atoms with Crippen molar-refractivity contribution in [1.29, 1.82) is 0 Å². The zero-order valence-corrected chi connectivity index (χ0v) is 11.6. The fourth-order valence-electron chi connectivity index (χ4n) is 1.39. The smallest absolute Gasteiger partial charge is 0.441 e. The summed E-state index contributed by atoms with van der Waals surface area (Å²) in [5.41, 5.74) is -3.64. The quantitative estimate of drug-likeness (QED) is 0.703. The van der Waals surface area contributed by atoms with Crippen LogP contribution in [0.1, 0.15) is 15.9 Å². The van der Waals surface area contributed by atoms with E-state index in [1.165, 1.54) is 12.1 Å². The third-order valence-corrected chi connectivity index (χ3v) is 3.02. The molecule has 0 aliphatic carbocycles. The highest BCUT2D eigenvalue weighted by atomic mass is 32.2. The van der Waals surface area contributed by atoms with Gasteiger partial charge in [-0.2, -0.15) is 13.2 Å². The Morgan fingerprint density at radius 2 is 1.95 bits per heavy atom. The molecule has 116 valence electrons. The van der Waals surface area contributed by atoms with Crippen LogP contribution in [0.4, 0.5) is 18.0 Å². The second-order valence-corrected chi connectivity index (χ2v) is 5.07. The molecule has 9 heteroatoms. The molecule has 0 bridgehead atoms. The van der Waals surface area contributed by atoms with Gasteiger partial charge < -0.3 is 15.7 Å². The summed E-state index contributed by atoms with van der Waals surface area (Å²) < 4.78 is 35.5. The van der Waals surface area contributed by atoms with E-state index < -0.39 is 17.5 Å². The summed E-state index contributed by atoms with van der Waals surface area (Å²) in [6.07, 6.45) is 0. The van der Waals surface area contributed by atoms with Crippen LogP contribution in [0.5, 0.6) is 0 Å². The number of urea groups is 1. The van der Waals surface area contributed by atoms with Crippen LogP contribution < -0.4 is 10.6 Å². The number of nitrogens with one attached hydrogen (secondary N) is 2. The Balaban J connectivity index is 2.30. The van der Waals surface area contributed by atoms with E-state index in [-0.39, 0.29) is 36.2 Å². The van der Waals surface area contributed by atoms with E-state index in [0.29, 0.717) is 5.56 Å². The fourth-order valence-corrected chi connectivity index (χ4v) is 1.83. The van der Waals surface area contributed by atoms with Crippen LogP contribution in [0.2, 0.25) is 0 Å². The maximum atomic E-state index is 11.8. The molecule has 1 aromatic carbocycles. The van der Waals surface area contributed by atoms with E-state index >= 15 is 0 Å². The van der Waals surface area contributed by atoms with E-state index in [9.17, 15) is 22.8 Å². The highest BCUT2D eigenvalue weighted by Crippen LogP contribution is 2.29. The van der Waals surface area contributed by atoms with Gasteiger partial charge >= 0.3 is 17.5 Å². The number of aromatic carboxylic acids is 1. The second-order valence-electron chi connectivity index (χ2n) is 3.91. The molecule has 0 aliphatic rings. The molecule has 0 unspecified atom stereocenters. The predicted molar refractivity (Wildman–Crippen MR) is 72.2 cm³/mol. The molecule has 2 amide bonds. The summed E-state index contributed by atoms with van der Waals surface area (Å²) in [5.74, 6) is -1.35. The van der Waals surface area contributed by atoms with E-state index in [2.05, 4.69) is 10.6 Å². The minimum Gasteiger partial charge on any atom is -0.478 e. The monoisotopic (exact) mass is 322 g/mol. The van der Waals surface area contributed by atoms with E-state index in [1.54, 1.807) is 12.1 Å². The summed E-state index contributed by atoms with van der Waals surface area (Å²) in [7, 11) is 0. The molecular formula is C12H13F3N2O3S. The lowest BCUT2D eigenvalue weighted by Gasteiger charge is -2.09. The Morgan fingerprint density at radius 1 is 1.24 bits per heavy atom. The van der Waals surface area contributed by atoms with Gasteiger partial charge in [0, 0.05) is 18.8 Å². The molecule has 0 saturated carbocycles. The van der Waals surface area contributed by atoms with Crippen molar-refractivity contribution in [3.63, 3.8) is 0 Å². The Hall–Kier alpha value is -1.90. The highest BCUT2D eigenvalue weighted by molar-refractivity contribution is 8.00. The SMILES string of the molecule is O=C(NCCSC(F)(F)F)NCc1cccc(C(=O)O)c1. The van der Waals surface area contributed by atoms with Gasteiger partial charge in [0.15, 0.2) is 0 Å². The van der Waals surface area contributed by atoms with Gasteiger partial charge in [-0.25, -0.2) is 9.59 Å². The van der Waals surface area contributed by atoms with Crippen LogP contribution in [0.3, 0.4) is 0 Å². The summed E-state index contributed by atoms with van der Waals surface area (Å²) in [6, 6.07) is 5.38. The minimum atomic E-state index is -4.31. The largest absolute Gasteiger partial charge is 0.478 e. The molecule has 0 aromatic heterocycles. The van der Waals surface area contributed by atoms with Crippen LogP contribution in [-0.4, -0.2) is 34.9 Å². The van der Waals surface area contributed by atoms with Gasteiger partial charge in [0.2, 0.25) is 0 Å². The first-order valence-corrected chi connectivity index (χ1v) is 6.81. The summed E-state index contributed by atoms with van der Waals surface area (Å²) in [5, 5.41) is 13.5. The molecule has 1 aromatic rings. The highest BCUT2D eigenvalue weighted by Gasteiger charge is 2.27. The molecule has 0 heterocycles. The molecule has 5 nitrogen and oxygen atoms in total. The molecule has 0 fully saturated rings. The molecule has 0 saturated heterocycles. The third-order valence-electron chi connectivity index (χ3n) is 2.28. The Labute approximate surface area is 122 Å². The Morgan fingerprint density at radius 3 is 2.57 bits per heavy atom. The number of carbonyl (C=O) groups excluding carboxylic acids is 1. The van der Waals surface area contributed by atoms with Gasteiger partial charge in [0.05, 0.1) is 5.56 Å². The number of carboxylic acid groups (broad SMARTS) is 1. The zero-order valence-electron chi connectivity index (χ0n) is 10.7. The zero-order chi connectivity index (χ0) is 15.9. The van der Waals surface area contributed by atoms with Crippen LogP contribution >= 0.6 is 11.8 Å². The molecule has 0 spiro atoms. The lowest BCUT2D eigenvalue weighted by molar-refractivity contribution is -0.0327. The topological polar surface area (TPSA) is 78.4 Å². The number of halogens is 3. The lowest BCUT2D eigenvalue weighted by Crippen LogP contribution is -2.36. The van der Waals surface area contributed by atoms with Crippen molar-refractivity contribution < 1.29 is 27.9 Å². The molecule has 21 heavy (non-hydrogen) atoms. The number of alkyl halides is 3. The number of hydrogen-bond acceptors (Lipinski definition) is 3. The molecule has 1 rings (SSSR count). The third kappa shape index (κ3) is 7.45. The molecule has 0 radical (unpaired) electrons. The molecule has 0 aliphatic heterocycles. The van der Waals surface area contributed by atoms with E-state index in [0.717, 1.165) is 0 Å². The molecule has 0 atom stereocenters. The Bertz CT molecular complexity index is 509. The normalized spacial score (nSPS) is 11.0. The van der Waals surface area contributed by atoms with Crippen molar-refractivity contribution in [2.75, 3.05) is 12.3 Å². The van der Waals surface area contributed by atoms with E-state index in [4.69, 9.17) is 5.11 Å². The van der Waals surface area contributed by atoms with Crippen molar-refractivity contribution in [3.05, 3.63) is 35.4 Å². The molecule has 3 N–H and O–H groups in total. The van der Waals surface area contributed by atoms with Gasteiger partial charge in [-0.1, -0.05) is 12.1 Å². The number of hydrogen-bond donors (Lipinski definition) is 3. The Kier molecular flexibility index (Phi) is 6.35. The maximum absolute atomic E-state index is 11.8. The minimum absolute atomic E-state index is 0.0827.